The second-order valence-corrected chi connectivity index (χ2v) is 12.1. The molecule has 4 aromatic rings. The number of likely N-dealkylation sites (N-methyl/N-ethyl adjacent to an activating group) is 1. The Labute approximate surface area is 276 Å². The third kappa shape index (κ3) is 8.53. The van der Waals surface area contributed by atoms with Crippen LogP contribution < -0.4 is 18.9 Å². The van der Waals surface area contributed by atoms with Gasteiger partial charge in [-0.1, -0.05) is 29.8 Å². The van der Waals surface area contributed by atoms with Crippen molar-refractivity contribution in [3.63, 3.8) is 0 Å². The van der Waals surface area contributed by atoms with Gasteiger partial charge in [0.1, 0.15) is 41.3 Å². The average molecular weight is 650 g/mol. The molecule has 3 unspecified atom stereocenters. The van der Waals surface area contributed by atoms with Crippen LogP contribution in [0.15, 0.2) is 72.8 Å². The average Bonchev–Trinajstić information content (AvgIpc) is 3.76. The van der Waals surface area contributed by atoms with Crippen LogP contribution in [0.2, 0.25) is 5.02 Å². The van der Waals surface area contributed by atoms with Gasteiger partial charge in [0.15, 0.2) is 6.23 Å². The number of nitrogens with zero attached hydrogens (tertiary/aromatic N) is 3. The van der Waals surface area contributed by atoms with E-state index in [2.05, 4.69) is 6.92 Å². The van der Waals surface area contributed by atoms with Gasteiger partial charge in [-0.05, 0) is 94.9 Å². The molecule has 0 radical (unpaired) electrons. The van der Waals surface area contributed by atoms with E-state index in [1.807, 2.05) is 110 Å². The summed E-state index contributed by atoms with van der Waals surface area (Å²) in [6.45, 7) is 11.0. The molecule has 0 aliphatic carbocycles. The zero-order valence-corrected chi connectivity index (χ0v) is 28.0. The Balaban J connectivity index is 1.31. The Bertz CT molecular complexity index is 1560. The maximum absolute atomic E-state index is 11.7. The summed E-state index contributed by atoms with van der Waals surface area (Å²) in [5.74, 6) is 2.89. The fourth-order valence-electron chi connectivity index (χ4n) is 5.48. The Hall–Kier alpha value is -3.76. The minimum absolute atomic E-state index is 0.310. The summed E-state index contributed by atoms with van der Waals surface area (Å²) in [7, 11) is 1.95. The minimum Gasteiger partial charge on any atom is -0.494 e. The molecule has 1 fully saturated rings. The SMILES string of the molecule is CCOc1ccc(OCC2(CC(O)C(Oc3ccc(OCC)cc3)N(C)Cc3c(C)nn(Cc4ccccc4Cl)c3C)CO2)cc1. The van der Waals surface area contributed by atoms with Gasteiger partial charge >= 0.3 is 0 Å². The van der Waals surface area contributed by atoms with E-state index in [1.165, 1.54) is 0 Å². The number of hydrogen-bond acceptors (Lipinski definition) is 8. The van der Waals surface area contributed by atoms with Crippen molar-refractivity contribution in [2.75, 3.05) is 33.5 Å². The molecule has 1 saturated heterocycles. The van der Waals surface area contributed by atoms with E-state index >= 15 is 0 Å². The van der Waals surface area contributed by atoms with Crippen LogP contribution in [0.3, 0.4) is 0 Å². The molecule has 10 heteroatoms. The molecule has 0 amide bonds. The topological polar surface area (TPSA) is 90.7 Å². The van der Waals surface area contributed by atoms with Crippen molar-refractivity contribution in [3.05, 3.63) is 100 Å². The normalized spacial score (nSPS) is 17.0. The molecule has 0 bridgehead atoms. The van der Waals surface area contributed by atoms with Crippen molar-refractivity contribution in [1.82, 2.24) is 14.7 Å². The molecule has 3 atom stereocenters. The van der Waals surface area contributed by atoms with Crippen LogP contribution in [0, 0.1) is 13.8 Å². The van der Waals surface area contributed by atoms with E-state index in [9.17, 15) is 5.11 Å². The number of ether oxygens (including phenoxy) is 5. The second kappa shape index (κ2) is 15.2. The number of aliphatic hydroxyl groups is 1. The van der Waals surface area contributed by atoms with Crippen LogP contribution in [0.4, 0.5) is 0 Å². The van der Waals surface area contributed by atoms with Gasteiger partial charge in [0.2, 0.25) is 0 Å². The summed E-state index contributed by atoms with van der Waals surface area (Å²) in [5.41, 5.74) is 3.41. The molecule has 0 spiro atoms. The first-order chi connectivity index (χ1) is 22.2. The van der Waals surface area contributed by atoms with Crippen LogP contribution in [-0.4, -0.2) is 71.2 Å². The molecule has 1 N–H and O–H groups in total. The van der Waals surface area contributed by atoms with E-state index in [-0.39, 0.29) is 0 Å². The molecule has 5 rings (SSSR count). The maximum Gasteiger partial charge on any atom is 0.178 e. The Morgan fingerprint density at radius 3 is 2.04 bits per heavy atom. The molecule has 1 aliphatic heterocycles. The molecular formula is C36H44ClN3O6. The number of aliphatic hydroxyl groups excluding tert-OH is 1. The number of benzene rings is 3. The quantitative estimate of drug-likeness (QED) is 0.103. The predicted octanol–water partition coefficient (Wildman–Crippen LogP) is 6.43. The van der Waals surface area contributed by atoms with Crippen molar-refractivity contribution >= 4 is 11.6 Å². The van der Waals surface area contributed by atoms with Crippen molar-refractivity contribution in [2.24, 2.45) is 0 Å². The van der Waals surface area contributed by atoms with Gasteiger partial charge in [0, 0.05) is 29.2 Å². The lowest BCUT2D eigenvalue weighted by molar-refractivity contribution is -0.0715. The lowest BCUT2D eigenvalue weighted by Crippen LogP contribution is -2.47. The van der Waals surface area contributed by atoms with Crippen LogP contribution in [0.25, 0.3) is 0 Å². The summed E-state index contributed by atoms with van der Waals surface area (Å²) in [4.78, 5) is 2.02. The highest BCUT2D eigenvalue weighted by atomic mass is 35.5. The van der Waals surface area contributed by atoms with Gasteiger partial charge in [0.05, 0.1) is 32.1 Å². The number of halogens is 1. The van der Waals surface area contributed by atoms with Gasteiger partial charge in [-0.25, -0.2) is 0 Å². The third-order valence-electron chi connectivity index (χ3n) is 8.14. The number of hydrogen-bond donors (Lipinski definition) is 1. The Morgan fingerprint density at radius 1 is 0.913 bits per heavy atom. The predicted molar refractivity (Wildman–Crippen MR) is 178 cm³/mol. The highest BCUT2D eigenvalue weighted by Crippen LogP contribution is 2.35. The molecular weight excluding hydrogens is 606 g/mol. The largest absolute Gasteiger partial charge is 0.494 e. The zero-order chi connectivity index (χ0) is 32.7. The fourth-order valence-corrected chi connectivity index (χ4v) is 5.68. The van der Waals surface area contributed by atoms with Crippen molar-refractivity contribution < 1.29 is 28.8 Å². The van der Waals surface area contributed by atoms with Crippen LogP contribution in [0.1, 0.15) is 42.8 Å². The molecule has 0 saturated carbocycles. The van der Waals surface area contributed by atoms with Gasteiger partial charge < -0.3 is 28.8 Å². The molecule has 3 aromatic carbocycles. The van der Waals surface area contributed by atoms with Gasteiger partial charge in [-0.2, -0.15) is 5.10 Å². The molecule has 246 valence electrons. The summed E-state index contributed by atoms with van der Waals surface area (Å²) in [6.07, 6.45) is -1.24. The Kier molecular flexibility index (Phi) is 11.1. The second-order valence-electron chi connectivity index (χ2n) is 11.7. The number of aromatic nitrogens is 2. The molecule has 1 aromatic heterocycles. The number of aryl methyl sites for hydroxylation is 1. The van der Waals surface area contributed by atoms with Crippen LogP contribution in [-0.2, 0) is 17.8 Å². The monoisotopic (exact) mass is 649 g/mol. The van der Waals surface area contributed by atoms with E-state index in [4.69, 9.17) is 40.4 Å². The highest BCUT2D eigenvalue weighted by Gasteiger charge is 2.49. The standard InChI is InChI=1S/C36H44ClN3O6/c1-6-42-28-12-14-30(15-13-28)44-23-36(24-45-36)20-34(41)35(46-31-18-16-29(17-19-31)43-7-2)39(5)22-32-25(3)38-40(26(32)4)21-27-10-8-9-11-33(27)37/h8-19,34-35,41H,6-7,20-24H2,1-5H3. The zero-order valence-electron chi connectivity index (χ0n) is 27.2. The van der Waals surface area contributed by atoms with Crippen molar-refractivity contribution in [1.29, 1.82) is 0 Å². The third-order valence-corrected chi connectivity index (χ3v) is 8.51. The van der Waals surface area contributed by atoms with Gasteiger partial charge in [-0.15, -0.1) is 0 Å². The van der Waals surface area contributed by atoms with E-state index in [0.29, 0.717) is 62.5 Å². The summed E-state index contributed by atoms with van der Waals surface area (Å²) < 4.78 is 31.5. The lowest BCUT2D eigenvalue weighted by atomic mass is 10.0. The fraction of sp³-hybridized carbons (Fsp3) is 0.417. The molecule has 9 nitrogen and oxygen atoms in total. The lowest BCUT2D eigenvalue weighted by Gasteiger charge is -2.33. The van der Waals surface area contributed by atoms with Gasteiger partial charge in [0.25, 0.3) is 0 Å². The van der Waals surface area contributed by atoms with Crippen molar-refractivity contribution in [2.45, 2.75) is 65.1 Å². The molecule has 1 aliphatic rings. The maximum atomic E-state index is 11.7. The summed E-state index contributed by atoms with van der Waals surface area (Å²) in [5, 5.41) is 17.3. The summed E-state index contributed by atoms with van der Waals surface area (Å²) >= 11 is 6.45. The van der Waals surface area contributed by atoms with E-state index in [1.54, 1.807) is 0 Å². The van der Waals surface area contributed by atoms with Crippen molar-refractivity contribution in [3.8, 4) is 23.0 Å². The molecule has 46 heavy (non-hydrogen) atoms. The van der Waals surface area contributed by atoms with Gasteiger partial charge in [-0.3, -0.25) is 9.58 Å². The molecule has 2 heterocycles. The number of rotatable bonds is 17. The number of epoxide rings is 1. The van der Waals surface area contributed by atoms with E-state index < -0.39 is 17.9 Å². The first-order valence-corrected chi connectivity index (χ1v) is 16.1. The highest BCUT2D eigenvalue weighted by molar-refractivity contribution is 6.31. The van der Waals surface area contributed by atoms with Crippen LogP contribution in [0.5, 0.6) is 23.0 Å². The smallest absolute Gasteiger partial charge is 0.178 e. The summed E-state index contributed by atoms with van der Waals surface area (Å²) in [6, 6.07) is 22.8. The first kappa shape index (κ1) is 33.6. The Morgan fingerprint density at radius 2 is 1.48 bits per heavy atom. The van der Waals surface area contributed by atoms with E-state index in [0.717, 1.165) is 34.0 Å². The van der Waals surface area contributed by atoms with Crippen LogP contribution >= 0.6 is 11.6 Å². The minimum atomic E-state index is -0.887. The first-order valence-electron chi connectivity index (χ1n) is 15.7.